The Kier molecular flexibility index (Phi) is 8.08. The van der Waals surface area contributed by atoms with Crippen molar-refractivity contribution in [3.05, 3.63) is 63.1 Å². The molecule has 0 unspecified atom stereocenters. The van der Waals surface area contributed by atoms with Crippen LogP contribution in [0.15, 0.2) is 42.0 Å². The third-order valence-electron chi connectivity index (χ3n) is 3.65. The maximum atomic E-state index is 12.4. The molecular formula is C21H18Cl2N2O4. The molecule has 6 nitrogen and oxygen atoms in total. The third-order valence-corrected chi connectivity index (χ3v) is 4.21. The van der Waals surface area contributed by atoms with Gasteiger partial charge in [-0.3, -0.25) is 4.79 Å². The van der Waals surface area contributed by atoms with Crippen LogP contribution in [0.2, 0.25) is 10.0 Å². The lowest BCUT2D eigenvalue weighted by molar-refractivity contribution is -0.145. The summed E-state index contributed by atoms with van der Waals surface area (Å²) in [6, 6.07) is 12.0. The van der Waals surface area contributed by atoms with Crippen molar-refractivity contribution in [1.82, 2.24) is 0 Å². The topological polar surface area (TPSA) is 88.4 Å². The number of amides is 1. The average Bonchev–Trinajstić information content (AvgIpc) is 2.67. The number of nitrogens with zero attached hydrogens (tertiary/aromatic N) is 1. The Morgan fingerprint density at radius 3 is 2.34 bits per heavy atom. The monoisotopic (exact) mass is 432 g/mol. The molecule has 0 fully saturated rings. The van der Waals surface area contributed by atoms with E-state index in [0.29, 0.717) is 11.3 Å². The number of rotatable bonds is 7. The van der Waals surface area contributed by atoms with Crippen LogP contribution < -0.4 is 10.1 Å². The Labute approximate surface area is 178 Å². The molecule has 1 amide bonds. The first-order valence-electron chi connectivity index (χ1n) is 8.61. The fraction of sp³-hybridized carbons (Fsp3) is 0.190. The molecule has 1 N–H and O–H groups in total. The van der Waals surface area contributed by atoms with Crippen LogP contribution >= 0.6 is 23.2 Å². The molecule has 0 bridgehead atoms. The minimum atomic E-state index is -0.564. The summed E-state index contributed by atoms with van der Waals surface area (Å²) in [5, 5.41) is 12.3. The van der Waals surface area contributed by atoms with E-state index in [1.54, 1.807) is 19.1 Å². The molecule has 150 valence electrons. The molecule has 0 aromatic heterocycles. The molecule has 2 aromatic rings. The minimum absolute atomic E-state index is 0.112. The zero-order valence-electron chi connectivity index (χ0n) is 15.8. The van der Waals surface area contributed by atoms with E-state index >= 15 is 0 Å². The summed E-state index contributed by atoms with van der Waals surface area (Å²) in [6.07, 6.45) is 1.36. The third kappa shape index (κ3) is 6.53. The van der Waals surface area contributed by atoms with Gasteiger partial charge >= 0.3 is 5.97 Å². The number of carbonyl (C=O) groups is 2. The SMILES string of the molecule is CCOC(=O)COc1c(Cl)cc(/C=C(\C#N)C(=O)Nc2ccc(C)cc2)cc1Cl. The largest absolute Gasteiger partial charge is 0.479 e. The maximum Gasteiger partial charge on any atom is 0.344 e. The number of hydrogen-bond acceptors (Lipinski definition) is 5. The number of nitrogens with one attached hydrogen (secondary N) is 1. The van der Waals surface area contributed by atoms with E-state index in [2.05, 4.69) is 5.32 Å². The summed E-state index contributed by atoms with van der Waals surface area (Å²) in [7, 11) is 0. The van der Waals surface area contributed by atoms with Gasteiger partial charge in [0.15, 0.2) is 12.4 Å². The first kappa shape index (κ1) is 22.3. The minimum Gasteiger partial charge on any atom is -0.479 e. The normalized spacial score (nSPS) is 10.8. The molecule has 0 heterocycles. The lowest BCUT2D eigenvalue weighted by Gasteiger charge is -2.10. The molecule has 0 aliphatic carbocycles. The molecule has 29 heavy (non-hydrogen) atoms. The lowest BCUT2D eigenvalue weighted by Crippen LogP contribution is -2.15. The van der Waals surface area contributed by atoms with Crippen molar-refractivity contribution in [3.63, 3.8) is 0 Å². The summed E-state index contributed by atoms with van der Waals surface area (Å²) in [5.74, 6) is -1.00. The van der Waals surface area contributed by atoms with Gasteiger partial charge in [-0.05, 0) is 49.8 Å². The fourth-order valence-electron chi connectivity index (χ4n) is 2.29. The summed E-state index contributed by atoms with van der Waals surface area (Å²) < 4.78 is 10.1. The number of carbonyl (C=O) groups excluding carboxylic acids is 2. The highest BCUT2D eigenvalue weighted by atomic mass is 35.5. The van der Waals surface area contributed by atoms with Crippen LogP contribution in [0, 0.1) is 18.3 Å². The molecular weight excluding hydrogens is 415 g/mol. The van der Waals surface area contributed by atoms with Crippen molar-refractivity contribution in [3.8, 4) is 11.8 Å². The van der Waals surface area contributed by atoms with Gasteiger partial charge < -0.3 is 14.8 Å². The van der Waals surface area contributed by atoms with Gasteiger partial charge in [0.1, 0.15) is 11.6 Å². The zero-order chi connectivity index (χ0) is 21.4. The Balaban J connectivity index is 2.18. The number of hydrogen-bond donors (Lipinski definition) is 1. The molecule has 8 heteroatoms. The van der Waals surface area contributed by atoms with Crippen LogP contribution in [0.1, 0.15) is 18.1 Å². The molecule has 0 atom stereocenters. The fourth-order valence-corrected chi connectivity index (χ4v) is 2.90. The van der Waals surface area contributed by atoms with E-state index in [4.69, 9.17) is 32.7 Å². The van der Waals surface area contributed by atoms with Crippen molar-refractivity contribution in [2.75, 3.05) is 18.5 Å². The van der Waals surface area contributed by atoms with E-state index in [9.17, 15) is 14.9 Å². The van der Waals surface area contributed by atoms with Crippen molar-refractivity contribution in [1.29, 1.82) is 5.26 Å². The molecule has 2 rings (SSSR count). The van der Waals surface area contributed by atoms with Gasteiger partial charge in [-0.2, -0.15) is 5.26 Å². The standard InChI is InChI=1S/C21H18Cl2N2O4/c1-3-28-19(26)12-29-20-17(22)9-14(10-18(20)23)8-15(11-24)21(27)25-16-6-4-13(2)5-7-16/h4-10H,3,12H2,1-2H3,(H,25,27)/b15-8+. The van der Waals surface area contributed by atoms with Crippen LogP contribution in [0.25, 0.3) is 6.08 Å². The van der Waals surface area contributed by atoms with Gasteiger partial charge in [0.2, 0.25) is 0 Å². The van der Waals surface area contributed by atoms with Gasteiger partial charge in [0.25, 0.3) is 5.91 Å². The molecule has 0 spiro atoms. The number of anilines is 1. The Hall–Kier alpha value is -3.01. The summed E-state index contributed by atoms with van der Waals surface area (Å²) in [4.78, 5) is 23.8. The summed E-state index contributed by atoms with van der Waals surface area (Å²) in [6.45, 7) is 3.50. The first-order valence-corrected chi connectivity index (χ1v) is 9.37. The average molecular weight is 433 g/mol. The Bertz CT molecular complexity index is 956. The maximum absolute atomic E-state index is 12.4. The van der Waals surface area contributed by atoms with Crippen LogP contribution in [0.5, 0.6) is 5.75 Å². The van der Waals surface area contributed by atoms with E-state index in [0.717, 1.165) is 5.56 Å². The van der Waals surface area contributed by atoms with Crippen LogP contribution in [-0.2, 0) is 14.3 Å². The van der Waals surface area contributed by atoms with E-state index in [1.807, 2.05) is 25.1 Å². The molecule has 0 saturated carbocycles. The van der Waals surface area contributed by atoms with E-state index < -0.39 is 11.9 Å². The highest BCUT2D eigenvalue weighted by Crippen LogP contribution is 2.35. The number of nitriles is 1. The number of ether oxygens (including phenoxy) is 2. The highest BCUT2D eigenvalue weighted by molar-refractivity contribution is 6.37. The molecule has 0 aliphatic rings. The smallest absolute Gasteiger partial charge is 0.344 e. The van der Waals surface area contributed by atoms with Crippen molar-refractivity contribution in [2.45, 2.75) is 13.8 Å². The second-order valence-corrected chi connectivity index (χ2v) is 6.71. The van der Waals surface area contributed by atoms with Gasteiger partial charge in [-0.15, -0.1) is 0 Å². The summed E-state index contributed by atoms with van der Waals surface area (Å²) >= 11 is 12.3. The van der Waals surface area contributed by atoms with Crippen molar-refractivity contribution < 1.29 is 19.1 Å². The van der Waals surface area contributed by atoms with Crippen LogP contribution in [-0.4, -0.2) is 25.1 Å². The zero-order valence-corrected chi connectivity index (χ0v) is 17.3. The number of benzene rings is 2. The van der Waals surface area contributed by atoms with E-state index in [1.165, 1.54) is 18.2 Å². The molecule has 0 aliphatic heterocycles. The molecule has 2 aromatic carbocycles. The van der Waals surface area contributed by atoms with Crippen LogP contribution in [0.3, 0.4) is 0 Å². The first-order chi connectivity index (χ1) is 13.8. The van der Waals surface area contributed by atoms with Gasteiger partial charge in [0.05, 0.1) is 16.7 Å². The van der Waals surface area contributed by atoms with E-state index in [-0.39, 0.29) is 34.6 Å². The second-order valence-electron chi connectivity index (χ2n) is 5.90. The number of halogens is 2. The predicted molar refractivity (Wildman–Crippen MR) is 112 cm³/mol. The van der Waals surface area contributed by atoms with Crippen molar-refractivity contribution >= 4 is 46.8 Å². The lowest BCUT2D eigenvalue weighted by atomic mass is 10.1. The van der Waals surface area contributed by atoms with Crippen LogP contribution in [0.4, 0.5) is 5.69 Å². The van der Waals surface area contributed by atoms with Crippen molar-refractivity contribution in [2.24, 2.45) is 0 Å². The highest BCUT2D eigenvalue weighted by Gasteiger charge is 2.14. The number of esters is 1. The van der Waals surface area contributed by atoms with Gasteiger partial charge in [0, 0.05) is 5.69 Å². The Morgan fingerprint density at radius 2 is 1.79 bits per heavy atom. The Morgan fingerprint density at radius 1 is 1.17 bits per heavy atom. The van der Waals surface area contributed by atoms with Gasteiger partial charge in [-0.25, -0.2) is 4.79 Å². The number of aryl methyl sites for hydroxylation is 1. The predicted octanol–water partition coefficient (Wildman–Crippen LogP) is 4.79. The quantitative estimate of drug-likeness (QED) is 0.385. The second kappa shape index (κ2) is 10.5. The summed E-state index contributed by atoms with van der Waals surface area (Å²) in [5.41, 5.74) is 1.92. The van der Waals surface area contributed by atoms with Gasteiger partial charge in [-0.1, -0.05) is 40.9 Å². The molecule has 0 saturated heterocycles. The molecule has 0 radical (unpaired) electrons.